The van der Waals surface area contributed by atoms with Crippen LogP contribution in [0.2, 0.25) is 0 Å². The second kappa shape index (κ2) is 53.0. The van der Waals surface area contributed by atoms with Crippen LogP contribution in [0.25, 0.3) is 0 Å². The smallest absolute Gasteiger partial charge is 0.306 e. The van der Waals surface area contributed by atoms with Crippen molar-refractivity contribution < 1.29 is 28.6 Å². The summed E-state index contributed by atoms with van der Waals surface area (Å²) in [6.45, 7) is 6.59. The third-order valence-corrected chi connectivity index (χ3v) is 12.1. The van der Waals surface area contributed by atoms with Gasteiger partial charge in [-0.1, -0.05) is 256 Å². The summed E-state index contributed by atoms with van der Waals surface area (Å²) < 4.78 is 16.8. The highest BCUT2D eigenvalue weighted by atomic mass is 16.6. The molecule has 0 heterocycles. The number of allylic oxidation sites excluding steroid dienone is 8. The van der Waals surface area contributed by atoms with E-state index in [1.54, 1.807) is 0 Å². The first kappa shape index (κ1) is 61.4. The summed E-state index contributed by atoms with van der Waals surface area (Å²) in [4.78, 5) is 38.0. The van der Waals surface area contributed by atoms with Crippen molar-refractivity contribution in [2.24, 2.45) is 0 Å². The highest BCUT2D eigenvalue weighted by molar-refractivity contribution is 5.71. The third kappa shape index (κ3) is 50.4. The van der Waals surface area contributed by atoms with E-state index < -0.39 is 6.10 Å². The SMILES string of the molecule is CCCCC/C=C\C/C=C\C/C=C\C/C=C\CCCC(=O)OC[C@@H](COC(=O)CCCCCCCCCCCCCCC)OC(=O)CCCCCCCCCCCCCCCCCC. The molecule has 0 spiro atoms. The molecule has 6 nitrogen and oxygen atoms in total. The van der Waals surface area contributed by atoms with Crippen LogP contribution in [0.1, 0.15) is 284 Å². The van der Waals surface area contributed by atoms with Crippen LogP contribution in [-0.2, 0) is 28.6 Å². The van der Waals surface area contributed by atoms with Gasteiger partial charge in [0.15, 0.2) is 6.10 Å². The number of hydrogen-bond acceptors (Lipinski definition) is 6. The molecule has 0 aromatic heterocycles. The van der Waals surface area contributed by atoms with Crippen LogP contribution in [0, 0.1) is 0 Å². The molecule has 372 valence electrons. The average molecular weight is 897 g/mol. The van der Waals surface area contributed by atoms with Gasteiger partial charge >= 0.3 is 17.9 Å². The van der Waals surface area contributed by atoms with Crippen molar-refractivity contribution in [1.29, 1.82) is 0 Å². The van der Waals surface area contributed by atoms with Gasteiger partial charge in [-0.3, -0.25) is 14.4 Å². The molecule has 0 saturated carbocycles. The fraction of sp³-hybridized carbons (Fsp3) is 0.810. The van der Waals surface area contributed by atoms with E-state index in [0.29, 0.717) is 19.3 Å². The lowest BCUT2D eigenvalue weighted by molar-refractivity contribution is -0.167. The molecule has 0 aliphatic heterocycles. The number of carbonyl (C=O) groups is 3. The van der Waals surface area contributed by atoms with Crippen molar-refractivity contribution in [3.05, 3.63) is 48.6 Å². The molecule has 64 heavy (non-hydrogen) atoms. The molecule has 0 amide bonds. The zero-order valence-electron chi connectivity index (χ0n) is 42.6. The minimum atomic E-state index is -0.790. The fourth-order valence-corrected chi connectivity index (χ4v) is 7.91. The highest BCUT2D eigenvalue weighted by Gasteiger charge is 2.19. The van der Waals surface area contributed by atoms with E-state index in [1.165, 1.54) is 173 Å². The van der Waals surface area contributed by atoms with Gasteiger partial charge in [-0.25, -0.2) is 0 Å². The standard InChI is InChI=1S/C58H104O6/c1-4-7-10-13-16-19-22-25-27-29-31-33-36-39-42-45-48-51-57(60)63-54-55(53-62-56(59)50-47-44-41-38-35-32-24-21-18-15-12-9-6-3)64-58(61)52-49-46-43-40-37-34-30-28-26-23-20-17-14-11-8-5-2/h16,19,25,27,31,33,39,42,55H,4-15,17-18,20-24,26,28-30,32,34-38,40-41,43-54H2,1-3H3/b19-16-,27-25-,33-31-,42-39-/t55-/m1/s1. The maximum absolute atomic E-state index is 12.8. The second-order valence-electron chi connectivity index (χ2n) is 18.5. The van der Waals surface area contributed by atoms with Gasteiger partial charge in [-0.15, -0.1) is 0 Å². The summed E-state index contributed by atoms with van der Waals surface area (Å²) in [5.41, 5.74) is 0. The Kier molecular flexibility index (Phi) is 50.8. The predicted molar refractivity (Wildman–Crippen MR) is 275 cm³/mol. The maximum Gasteiger partial charge on any atom is 0.306 e. The molecule has 1 atom stereocenters. The first-order chi connectivity index (χ1) is 31.5. The average Bonchev–Trinajstić information content (AvgIpc) is 3.29. The first-order valence-corrected chi connectivity index (χ1v) is 27.6. The Morgan fingerprint density at radius 3 is 0.938 bits per heavy atom. The summed E-state index contributed by atoms with van der Waals surface area (Å²) in [7, 11) is 0. The van der Waals surface area contributed by atoms with Crippen LogP contribution in [-0.4, -0.2) is 37.2 Å². The Morgan fingerprint density at radius 2 is 0.578 bits per heavy atom. The second-order valence-corrected chi connectivity index (χ2v) is 18.5. The van der Waals surface area contributed by atoms with E-state index >= 15 is 0 Å². The Labute approximate surface area is 397 Å². The molecule has 0 aromatic rings. The van der Waals surface area contributed by atoms with Crippen molar-refractivity contribution in [3.8, 4) is 0 Å². The lowest BCUT2D eigenvalue weighted by atomic mass is 10.0. The van der Waals surface area contributed by atoms with E-state index in [4.69, 9.17) is 14.2 Å². The molecular weight excluding hydrogens is 793 g/mol. The van der Waals surface area contributed by atoms with E-state index in [0.717, 1.165) is 64.2 Å². The topological polar surface area (TPSA) is 78.9 Å². The van der Waals surface area contributed by atoms with Crippen molar-refractivity contribution in [1.82, 2.24) is 0 Å². The van der Waals surface area contributed by atoms with E-state index in [1.807, 2.05) is 0 Å². The summed E-state index contributed by atoms with van der Waals surface area (Å²) in [5.74, 6) is -0.931. The summed E-state index contributed by atoms with van der Waals surface area (Å²) in [5, 5.41) is 0. The normalized spacial score (nSPS) is 12.4. The Morgan fingerprint density at radius 1 is 0.312 bits per heavy atom. The van der Waals surface area contributed by atoms with Gasteiger partial charge in [0, 0.05) is 19.3 Å². The zero-order chi connectivity index (χ0) is 46.5. The number of hydrogen-bond donors (Lipinski definition) is 0. The molecular formula is C58H104O6. The van der Waals surface area contributed by atoms with Gasteiger partial charge in [0.25, 0.3) is 0 Å². The van der Waals surface area contributed by atoms with Crippen molar-refractivity contribution in [2.45, 2.75) is 290 Å². The van der Waals surface area contributed by atoms with E-state index in [9.17, 15) is 14.4 Å². The number of ether oxygens (including phenoxy) is 3. The number of unbranched alkanes of at least 4 members (excludes halogenated alkanes) is 31. The Hall–Kier alpha value is -2.63. The van der Waals surface area contributed by atoms with Crippen LogP contribution in [0.4, 0.5) is 0 Å². The lowest BCUT2D eigenvalue weighted by Gasteiger charge is -2.18. The van der Waals surface area contributed by atoms with Crippen LogP contribution >= 0.6 is 0 Å². The van der Waals surface area contributed by atoms with Gasteiger partial charge in [-0.05, 0) is 57.8 Å². The van der Waals surface area contributed by atoms with Crippen LogP contribution in [0.5, 0.6) is 0 Å². The quantitative estimate of drug-likeness (QED) is 0.0262. The van der Waals surface area contributed by atoms with Crippen LogP contribution in [0.15, 0.2) is 48.6 Å². The molecule has 0 aliphatic rings. The summed E-state index contributed by atoms with van der Waals surface area (Å²) in [6.07, 6.45) is 63.8. The molecule has 6 heteroatoms. The van der Waals surface area contributed by atoms with Crippen LogP contribution < -0.4 is 0 Å². The lowest BCUT2D eigenvalue weighted by Crippen LogP contribution is -2.30. The van der Waals surface area contributed by atoms with Gasteiger partial charge in [0.05, 0.1) is 0 Å². The predicted octanol–water partition coefficient (Wildman–Crippen LogP) is 18.3. The number of carbonyl (C=O) groups excluding carboxylic acids is 3. The maximum atomic E-state index is 12.8. The highest BCUT2D eigenvalue weighted by Crippen LogP contribution is 2.16. The largest absolute Gasteiger partial charge is 0.462 e. The van der Waals surface area contributed by atoms with Crippen molar-refractivity contribution >= 4 is 17.9 Å². The first-order valence-electron chi connectivity index (χ1n) is 27.6. The van der Waals surface area contributed by atoms with Gasteiger partial charge < -0.3 is 14.2 Å². The number of esters is 3. The number of rotatable bonds is 50. The van der Waals surface area contributed by atoms with Crippen molar-refractivity contribution in [3.63, 3.8) is 0 Å². The zero-order valence-corrected chi connectivity index (χ0v) is 42.6. The Bertz CT molecular complexity index is 1120. The van der Waals surface area contributed by atoms with Crippen LogP contribution in [0.3, 0.4) is 0 Å². The molecule has 0 aliphatic carbocycles. The van der Waals surface area contributed by atoms with Gasteiger partial charge in [0.1, 0.15) is 13.2 Å². The third-order valence-electron chi connectivity index (χ3n) is 12.1. The van der Waals surface area contributed by atoms with Gasteiger partial charge in [0.2, 0.25) is 0 Å². The minimum absolute atomic E-state index is 0.0858. The van der Waals surface area contributed by atoms with E-state index in [-0.39, 0.29) is 37.5 Å². The molecule has 0 bridgehead atoms. The van der Waals surface area contributed by atoms with E-state index in [2.05, 4.69) is 69.4 Å². The fourth-order valence-electron chi connectivity index (χ4n) is 7.91. The molecule has 0 radical (unpaired) electrons. The molecule has 0 rings (SSSR count). The monoisotopic (exact) mass is 897 g/mol. The van der Waals surface area contributed by atoms with Crippen molar-refractivity contribution in [2.75, 3.05) is 13.2 Å². The minimum Gasteiger partial charge on any atom is -0.462 e. The summed E-state index contributed by atoms with van der Waals surface area (Å²) in [6, 6.07) is 0. The molecule has 0 unspecified atom stereocenters. The van der Waals surface area contributed by atoms with Gasteiger partial charge in [-0.2, -0.15) is 0 Å². The Balaban J connectivity index is 4.43. The molecule has 0 N–H and O–H groups in total. The molecule has 0 fully saturated rings. The molecule has 0 saturated heterocycles. The molecule has 0 aromatic carbocycles. The summed E-state index contributed by atoms with van der Waals surface area (Å²) >= 11 is 0.